The molecule has 0 amide bonds. The Morgan fingerprint density at radius 1 is 0.875 bits per heavy atom. The highest BCUT2D eigenvalue weighted by molar-refractivity contribution is 6.15. The van der Waals surface area contributed by atoms with E-state index < -0.39 is 0 Å². The molecule has 24 heavy (non-hydrogen) atoms. The number of benzene rings is 2. The van der Waals surface area contributed by atoms with Crippen LogP contribution in [0.4, 0.5) is 0 Å². The molecule has 0 unspecified atom stereocenters. The minimum Gasteiger partial charge on any atom is -0.508 e. The van der Waals surface area contributed by atoms with Crippen molar-refractivity contribution in [1.82, 2.24) is 0 Å². The Balaban J connectivity index is -0.000000284. The molecule has 134 valence electrons. The van der Waals surface area contributed by atoms with E-state index >= 15 is 0 Å². The van der Waals surface area contributed by atoms with Gasteiger partial charge in [-0.05, 0) is 31.2 Å². The number of rotatable bonds is 2. The fourth-order valence-corrected chi connectivity index (χ4v) is 1.23. The average molecular weight is 353 g/mol. The highest BCUT2D eigenvalue weighted by atomic mass is 35.5. The molecule has 4 heteroatoms. The van der Waals surface area contributed by atoms with E-state index in [1.807, 2.05) is 45.9 Å². The number of phenolic OH excluding ortho intramolecular Hbond substituents is 1. The van der Waals surface area contributed by atoms with Crippen molar-refractivity contribution in [2.45, 2.75) is 34.6 Å². The molecule has 1 N–H and O–H groups in total. The number of carbonyl (C=O) groups is 2. The summed E-state index contributed by atoms with van der Waals surface area (Å²) in [5.41, 5.74) is 1.35. The number of hydrogen-bond donors (Lipinski definition) is 1. The van der Waals surface area contributed by atoms with Crippen LogP contribution in [-0.2, 0) is 0 Å². The van der Waals surface area contributed by atoms with E-state index in [2.05, 4.69) is 11.6 Å². The number of aromatic hydroxyl groups is 1. The Labute approximate surface area is 151 Å². The van der Waals surface area contributed by atoms with E-state index in [1.165, 1.54) is 25.4 Å². The van der Waals surface area contributed by atoms with Crippen LogP contribution < -0.4 is 0 Å². The summed E-state index contributed by atoms with van der Waals surface area (Å²) in [5.74, 6) is 0.199. The maximum Gasteiger partial charge on any atom is 0.159 e. The molecule has 0 aliphatic heterocycles. The number of aldehydes is 1. The summed E-state index contributed by atoms with van der Waals surface area (Å²) in [7, 11) is 0. The van der Waals surface area contributed by atoms with Crippen molar-refractivity contribution in [2.75, 3.05) is 6.38 Å². The molecule has 0 saturated carbocycles. The lowest BCUT2D eigenvalue weighted by molar-refractivity contribution is 0.101. The smallest absolute Gasteiger partial charge is 0.159 e. The maximum atomic E-state index is 10.7. The van der Waals surface area contributed by atoms with Crippen LogP contribution in [0.15, 0.2) is 54.6 Å². The molecule has 0 bridgehead atoms. The van der Waals surface area contributed by atoms with Gasteiger partial charge in [0.1, 0.15) is 12.0 Å². The second-order valence-electron chi connectivity index (χ2n) is 3.63. The first-order chi connectivity index (χ1) is 11.6. The predicted octanol–water partition coefficient (Wildman–Crippen LogP) is 6.00. The number of phenols is 1. The molecule has 0 aliphatic carbocycles. The molecular weight excluding hydrogens is 324 g/mol. The summed E-state index contributed by atoms with van der Waals surface area (Å²) in [6, 6.07) is 15.3. The predicted molar refractivity (Wildman–Crippen MR) is 104 cm³/mol. The summed E-state index contributed by atoms with van der Waals surface area (Å²) in [4.78, 5) is 20.7. The van der Waals surface area contributed by atoms with Gasteiger partial charge in [-0.3, -0.25) is 9.59 Å². The lowest BCUT2D eigenvalue weighted by Crippen LogP contribution is -1.89. The molecule has 0 fully saturated rings. The zero-order valence-corrected chi connectivity index (χ0v) is 16.2. The molecule has 2 aromatic carbocycles. The second-order valence-corrected chi connectivity index (χ2v) is 3.63. The van der Waals surface area contributed by atoms with Gasteiger partial charge in [0.15, 0.2) is 5.78 Å². The fourth-order valence-electron chi connectivity index (χ4n) is 1.23. The first kappa shape index (κ1) is 26.8. The highest BCUT2D eigenvalue weighted by Gasteiger charge is 1.96. The van der Waals surface area contributed by atoms with Crippen LogP contribution in [0.2, 0.25) is 0 Å². The van der Waals surface area contributed by atoms with Gasteiger partial charge in [-0.25, -0.2) is 0 Å². The molecule has 0 aromatic heterocycles. The van der Waals surface area contributed by atoms with Crippen LogP contribution in [0.5, 0.6) is 5.75 Å². The summed E-state index contributed by atoms with van der Waals surface area (Å²) < 4.78 is 0. The third-order valence-corrected chi connectivity index (χ3v) is 2.21. The lowest BCUT2D eigenvalue weighted by atomic mass is 10.1. The van der Waals surface area contributed by atoms with E-state index in [1.54, 1.807) is 24.3 Å². The number of halogens is 1. The monoisotopic (exact) mass is 352 g/mol. The van der Waals surface area contributed by atoms with Crippen molar-refractivity contribution in [2.24, 2.45) is 0 Å². The zero-order valence-electron chi connectivity index (χ0n) is 15.4. The molecule has 0 radical (unpaired) electrons. The van der Waals surface area contributed by atoms with Crippen LogP contribution in [0.1, 0.15) is 55.3 Å². The van der Waals surface area contributed by atoms with Gasteiger partial charge in [0.2, 0.25) is 0 Å². The largest absolute Gasteiger partial charge is 0.508 e. The van der Waals surface area contributed by atoms with Crippen LogP contribution >= 0.6 is 11.6 Å². The van der Waals surface area contributed by atoms with Crippen molar-refractivity contribution < 1.29 is 14.7 Å². The van der Waals surface area contributed by atoms with E-state index in [-0.39, 0.29) is 11.5 Å². The highest BCUT2D eigenvalue weighted by Crippen LogP contribution is 2.09. The van der Waals surface area contributed by atoms with Gasteiger partial charge in [-0.1, -0.05) is 58.0 Å². The van der Waals surface area contributed by atoms with Gasteiger partial charge in [0.05, 0.1) is 0 Å². The van der Waals surface area contributed by atoms with E-state index in [4.69, 9.17) is 5.11 Å². The summed E-state index contributed by atoms with van der Waals surface area (Å²) >= 11 is 4.64. The van der Waals surface area contributed by atoms with E-state index in [0.717, 1.165) is 11.8 Å². The summed E-state index contributed by atoms with van der Waals surface area (Å²) in [6.45, 7) is 9.49. The van der Waals surface area contributed by atoms with Gasteiger partial charge >= 0.3 is 0 Å². The van der Waals surface area contributed by atoms with Crippen LogP contribution in [0.3, 0.4) is 0 Å². The quantitative estimate of drug-likeness (QED) is 0.409. The lowest BCUT2D eigenvalue weighted by Gasteiger charge is -1.93. The third kappa shape index (κ3) is 14.8. The summed E-state index contributed by atoms with van der Waals surface area (Å²) in [6.07, 6.45) is 2.31. The Morgan fingerprint density at radius 2 is 1.29 bits per heavy atom. The molecule has 2 aromatic rings. The minimum atomic E-state index is 0.0139. The van der Waals surface area contributed by atoms with Crippen LogP contribution in [0.25, 0.3) is 0 Å². The standard InChI is InChI=1S/C8H8O2.C7H6O.2C2H6.CH3Cl/c1-6(9)7-2-4-8(10)5-3-7;8-6-7-4-2-1-3-5-7;3*1-2/h2-5,10H,1H3;1-6H;2*1-2H3;1H3. The summed E-state index contributed by atoms with van der Waals surface area (Å²) in [5, 5.41) is 8.83. The normalized spacial score (nSPS) is 7.46. The van der Waals surface area contributed by atoms with Gasteiger partial charge in [-0.15, -0.1) is 11.6 Å². The van der Waals surface area contributed by atoms with Crippen molar-refractivity contribution in [1.29, 1.82) is 0 Å². The topological polar surface area (TPSA) is 54.4 Å². The number of alkyl halides is 1. The molecule has 0 spiro atoms. The number of ketones is 1. The Bertz CT molecular complexity index is 508. The molecule has 0 aliphatic rings. The van der Waals surface area contributed by atoms with E-state index in [9.17, 15) is 9.59 Å². The molecular formula is C20H29ClO3. The third-order valence-electron chi connectivity index (χ3n) is 2.21. The first-order valence-corrected chi connectivity index (χ1v) is 8.57. The van der Waals surface area contributed by atoms with Crippen LogP contribution in [-0.4, -0.2) is 23.6 Å². The Morgan fingerprint density at radius 3 is 1.58 bits per heavy atom. The molecule has 0 atom stereocenters. The van der Waals surface area contributed by atoms with E-state index in [0.29, 0.717) is 5.56 Å². The van der Waals surface area contributed by atoms with Gasteiger partial charge in [-0.2, -0.15) is 0 Å². The fraction of sp³-hybridized carbons (Fsp3) is 0.300. The average Bonchev–Trinajstić information content (AvgIpc) is 2.68. The van der Waals surface area contributed by atoms with Gasteiger partial charge < -0.3 is 5.11 Å². The van der Waals surface area contributed by atoms with Gasteiger partial charge in [0, 0.05) is 17.5 Å². The maximum absolute atomic E-state index is 10.7. The SMILES string of the molecule is CC.CC.CC(=O)c1ccc(O)cc1.CCl.O=Cc1ccccc1. The molecule has 0 saturated heterocycles. The second kappa shape index (κ2) is 20.9. The zero-order chi connectivity index (χ0) is 19.4. The number of Topliss-reactive ketones (excluding diaryl/α,β-unsaturated/α-hetero) is 1. The minimum absolute atomic E-state index is 0.0139. The Hall–Kier alpha value is -2.13. The van der Waals surface area contributed by atoms with Crippen LogP contribution in [0, 0.1) is 0 Å². The van der Waals surface area contributed by atoms with Gasteiger partial charge in [0.25, 0.3) is 0 Å². The number of hydrogen-bond acceptors (Lipinski definition) is 3. The van der Waals surface area contributed by atoms with Crippen molar-refractivity contribution in [3.8, 4) is 5.75 Å². The van der Waals surface area contributed by atoms with Crippen molar-refractivity contribution in [3.63, 3.8) is 0 Å². The number of carbonyl (C=O) groups excluding carboxylic acids is 2. The molecule has 3 nitrogen and oxygen atoms in total. The first-order valence-electron chi connectivity index (χ1n) is 7.81. The van der Waals surface area contributed by atoms with Crippen molar-refractivity contribution in [3.05, 3.63) is 65.7 Å². The molecule has 0 heterocycles. The van der Waals surface area contributed by atoms with Crippen molar-refractivity contribution >= 4 is 23.7 Å². The molecule has 2 rings (SSSR count). The Kier molecular flexibility index (Phi) is 23.3.